The molecule has 1 unspecified atom stereocenters. The van der Waals surface area contributed by atoms with Crippen LogP contribution in [0.25, 0.3) is 0 Å². The van der Waals surface area contributed by atoms with Crippen molar-refractivity contribution >= 4 is 54.8 Å². The van der Waals surface area contributed by atoms with Crippen LogP contribution in [0.3, 0.4) is 0 Å². The Morgan fingerprint density at radius 1 is 1.26 bits per heavy atom. The van der Waals surface area contributed by atoms with Crippen LogP contribution in [0.4, 0.5) is 0 Å². The molecule has 1 aromatic carbocycles. The molecule has 1 aromatic heterocycles. The summed E-state index contributed by atoms with van der Waals surface area (Å²) in [4.78, 5) is 1.16. The minimum atomic E-state index is 0.107. The summed E-state index contributed by atoms with van der Waals surface area (Å²) in [6, 6.07) is 8.21. The molecule has 0 aliphatic heterocycles. The molecule has 1 heterocycles. The number of ether oxygens (including phenoxy) is 1. The molecule has 0 amide bonds. The summed E-state index contributed by atoms with van der Waals surface area (Å²) in [5.41, 5.74) is 1.15. The highest BCUT2D eigenvalue weighted by Gasteiger charge is 2.17. The second-order valence-electron chi connectivity index (χ2n) is 3.89. The molecule has 0 spiro atoms. The van der Waals surface area contributed by atoms with Crippen molar-refractivity contribution in [3.8, 4) is 5.75 Å². The standard InChI is InChI=1S/C13H12Br2ClNOS/c1-17-12(11-6-9(15)13(16)19-11)7-3-4-10(18-2)8(14)5-7/h3-6,12,17H,1-2H3. The fourth-order valence-corrected chi connectivity index (χ4v) is 4.27. The minimum absolute atomic E-state index is 0.107. The van der Waals surface area contributed by atoms with E-state index in [-0.39, 0.29) is 6.04 Å². The van der Waals surface area contributed by atoms with Crippen LogP contribution in [0.5, 0.6) is 5.75 Å². The molecule has 2 nitrogen and oxygen atoms in total. The van der Waals surface area contributed by atoms with Crippen molar-refractivity contribution in [3.05, 3.63) is 48.0 Å². The van der Waals surface area contributed by atoms with Gasteiger partial charge in [0.15, 0.2) is 0 Å². The molecule has 102 valence electrons. The lowest BCUT2D eigenvalue weighted by atomic mass is 10.1. The SMILES string of the molecule is CNC(c1ccc(OC)c(Br)c1)c1cc(Br)c(Cl)s1. The smallest absolute Gasteiger partial charge is 0.133 e. The molecular formula is C13H12Br2ClNOS. The molecule has 0 aliphatic rings. The lowest BCUT2D eigenvalue weighted by molar-refractivity contribution is 0.412. The number of hydrogen-bond donors (Lipinski definition) is 1. The fourth-order valence-electron chi connectivity index (χ4n) is 1.84. The Morgan fingerprint density at radius 2 is 2.00 bits per heavy atom. The van der Waals surface area contributed by atoms with E-state index in [1.807, 2.05) is 25.2 Å². The molecule has 0 radical (unpaired) electrons. The van der Waals surface area contributed by atoms with Crippen LogP contribution >= 0.6 is 54.8 Å². The molecule has 2 aromatic rings. The van der Waals surface area contributed by atoms with Gasteiger partial charge < -0.3 is 10.1 Å². The van der Waals surface area contributed by atoms with Gasteiger partial charge in [-0.2, -0.15) is 0 Å². The topological polar surface area (TPSA) is 21.3 Å². The number of halogens is 3. The van der Waals surface area contributed by atoms with Gasteiger partial charge in [0.1, 0.15) is 10.1 Å². The van der Waals surface area contributed by atoms with Gasteiger partial charge in [0.2, 0.25) is 0 Å². The molecule has 0 aliphatic carbocycles. The second-order valence-corrected chi connectivity index (χ2v) is 7.28. The van der Waals surface area contributed by atoms with Gasteiger partial charge in [-0.25, -0.2) is 0 Å². The lowest BCUT2D eigenvalue weighted by Gasteiger charge is -2.16. The summed E-state index contributed by atoms with van der Waals surface area (Å²) < 4.78 is 7.89. The third kappa shape index (κ3) is 3.34. The fraction of sp³-hybridized carbons (Fsp3) is 0.231. The van der Waals surface area contributed by atoms with Crippen molar-refractivity contribution < 1.29 is 4.74 Å². The highest BCUT2D eigenvalue weighted by molar-refractivity contribution is 9.11. The Morgan fingerprint density at radius 3 is 2.47 bits per heavy atom. The summed E-state index contributed by atoms with van der Waals surface area (Å²) in [6.07, 6.45) is 0. The van der Waals surface area contributed by atoms with Crippen molar-refractivity contribution in [3.63, 3.8) is 0 Å². The van der Waals surface area contributed by atoms with Crippen LogP contribution < -0.4 is 10.1 Å². The summed E-state index contributed by atoms with van der Waals surface area (Å²) in [5, 5.41) is 3.31. The highest BCUT2D eigenvalue weighted by atomic mass is 79.9. The molecule has 1 atom stereocenters. The predicted octanol–water partition coefficient (Wildman–Crippen LogP) is 5.24. The van der Waals surface area contributed by atoms with Gasteiger partial charge in [0.05, 0.1) is 17.6 Å². The van der Waals surface area contributed by atoms with Crippen LogP contribution in [0.1, 0.15) is 16.5 Å². The van der Waals surface area contributed by atoms with Gasteiger partial charge in [0.25, 0.3) is 0 Å². The van der Waals surface area contributed by atoms with E-state index in [0.717, 1.165) is 29.5 Å². The van der Waals surface area contributed by atoms with E-state index in [2.05, 4.69) is 43.2 Å². The van der Waals surface area contributed by atoms with E-state index >= 15 is 0 Å². The summed E-state index contributed by atoms with van der Waals surface area (Å²) in [7, 11) is 3.59. The Labute approximate surface area is 138 Å². The van der Waals surface area contributed by atoms with E-state index in [9.17, 15) is 0 Å². The molecule has 0 bridgehead atoms. The van der Waals surface area contributed by atoms with Gasteiger partial charge in [0, 0.05) is 9.35 Å². The maximum absolute atomic E-state index is 6.11. The third-order valence-electron chi connectivity index (χ3n) is 2.75. The predicted molar refractivity (Wildman–Crippen MR) is 88.6 cm³/mol. The van der Waals surface area contributed by atoms with E-state index in [0.29, 0.717) is 0 Å². The number of benzene rings is 1. The van der Waals surface area contributed by atoms with Gasteiger partial charge in [-0.3, -0.25) is 0 Å². The number of hydrogen-bond acceptors (Lipinski definition) is 3. The lowest BCUT2D eigenvalue weighted by Crippen LogP contribution is -2.16. The first-order valence-electron chi connectivity index (χ1n) is 5.52. The van der Waals surface area contributed by atoms with Gasteiger partial charge in [-0.1, -0.05) is 17.7 Å². The summed E-state index contributed by atoms with van der Waals surface area (Å²) >= 11 is 14.6. The zero-order chi connectivity index (χ0) is 14.0. The summed E-state index contributed by atoms with van der Waals surface area (Å²) in [5.74, 6) is 0.823. The Bertz CT molecular complexity index is 569. The first kappa shape index (κ1) is 15.3. The zero-order valence-corrected chi connectivity index (χ0v) is 15.1. The second kappa shape index (κ2) is 6.59. The number of rotatable bonds is 4. The maximum Gasteiger partial charge on any atom is 0.133 e. The normalized spacial score (nSPS) is 12.5. The van der Waals surface area contributed by atoms with E-state index in [1.54, 1.807) is 18.4 Å². The van der Waals surface area contributed by atoms with Crippen LogP contribution in [-0.2, 0) is 0 Å². The van der Waals surface area contributed by atoms with Crippen LogP contribution in [0, 0.1) is 0 Å². The van der Waals surface area contributed by atoms with Crippen molar-refractivity contribution in [2.45, 2.75) is 6.04 Å². The largest absolute Gasteiger partial charge is 0.496 e. The first-order chi connectivity index (χ1) is 9.06. The van der Waals surface area contributed by atoms with Crippen LogP contribution in [0.2, 0.25) is 4.34 Å². The Hall–Kier alpha value is -0.0700. The number of methoxy groups -OCH3 is 1. The molecule has 6 heteroatoms. The molecule has 19 heavy (non-hydrogen) atoms. The Balaban J connectivity index is 2.39. The Kier molecular flexibility index (Phi) is 5.31. The van der Waals surface area contributed by atoms with Gasteiger partial charge in [-0.15, -0.1) is 11.3 Å². The highest BCUT2D eigenvalue weighted by Crippen LogP contribution is 2.38. The monoisotopic (exact) mass is 423 g/mol. The first-order valence-corrected chi connectivity index (χ1v) is 8.30. The maximum atomic E-state index is 6.11. The van der Waals surface area contributed by atoms with Crippen molar-refractivity contribution in [2.75, 3.05) is 14.2 Å². The van der Waals surface area contributed by atoms with Crippen LogP contribution in [-0.4, -0.2) is 14.2 Å². The molecule has 1 N–H and O–H groups in total. The molecular weight excluding hydrogens is 413 g/mol. The van der Waals surface area contributed by atoms with Crippen molar-refractivity contribution in [2.24, 2.45) is 0 Å². The average molecular weight is 426 g/mol. The molecule has 2 rings (SSSR count). The van der Waals surface area contributed by atoms with E-state index in [1.165, 1.54) is 0 Å². The number of thiophene rings is 1. The zero-order valence-electron chi connectivity index (χ0n) is 10.3. The van der Waals surface area contributed by atoms with E-state index < -0.39 is 0 Å². The van der Waals surface area contributed by atoms with Gasteiger partial charge >= 0.3 is 0 Å². The molecule has 0 saturated heterocycles. The van der Waals surface area contributed by atoms with Crippen molar-refractivity contribution in [1.82, 2.24) is 5.32 Å². The van der Waals surface area contributed by atoms with Gasteiger partial charge in [-0.05, 0) is 62.7 Å². The molecule has 0 fully saturated rings. The third-order valence-corrected chi connectivity index (χ3v) is 5.91. The van der Waals surface area contributed by atoms with Crippen molar-refractivity contribution in [1.29, 1.82) is 0 Å². The minimum Gasteiger partial charge on any atom is -0.496 e. The molecule has 0 saturated carbocycles. The average Bonchev–Trinajstić information content (AvgIpc) is 2.70. The van der Waals surface area contributed by atoms with E-state index in [4.69, 9.17) is 16.3 Å². The quantitative estimate of drug-likeness (QED) is 0.723. The summed E-state index contributed by atoms with van der Waals surface area (Å²) in [6.45, 7) is 0. The van der Waals surface area contributed by atoms with Crippen LogP contribution in [0.15, 0.2) is 33.2 Å². The number of nitrogens with one attached hydrogen (secondary N) is 1.